The Hall–Kier alpha value is -2.11. The molecular formula is C21H22N2O2S. The first-order valence-electron chi connectivity index (χ1n) is 9.31. The van der Waals surface area contributed by atoms with Gasteiger partial charge in [0, 0.05) is 12.5 Å². The minimum absolute atomic E-state index is 0.115. The van der Waals surface area contributed by atoms with Crippen molar-refractivity contribution in [1.82, 2.24) is 9.88 Å². The van der Waals surface area contributed by atoms with Crippen LogP contribution >= 0.6 is 11.3 Å². The topological polar surface area (TPSA) is 34.6 Å². The molecule has 2 aliphatic heterocycles. The van der Waals surface area contributed by atoms with Gasteiger partial charge >= 0.3 is 0 Å². The maximum Gasteiger partial charge on any atom is 0.161 e. The molecule has 26 heavy (non-hydrogen) atoms. The molecule has 0 spiro atoms. The van der Waals surface area contributed by atoms with Gasteiger partial charge in [0.25, 0.3) is 0 Å². The van der Waals surface area contributed by atoms with Crippen LogP contribution in [-0.4, -0.2) is 42.2 Å². The Morgan fingerprint density at radius 1 is 1.00 bits per heavy atom. The smallest absolute Gasteiger partial charge is 0.161 e. The van der Waals surface area contributed by atoms with Crippen LogP contribution in [0, 0.1) is 0 Å². The first-order chi connectivity index (χ1) is 12.8. The maximum absolute atomic E-state index is 6.11. The average molecular weight is 366 g/mol. The molecule has 2 aliphatic rings. The number of hydrogen-bond acceptors (Lipinski definition) is 5. The van der Waals surface area contributed by atoms with Crippen molar-refractivity contribution in [3.63, 3.8) is 0 Å². The summed E-state index contributed by atoms with van der Waals surface area (Å²) >= 11 is 1.86. The fourth-order valence-electron chi connectivity index (χ4n) is 3.87. The van der Waals surface area contributed by atoms with E-state index in [9.17, 15) is 0 Å². The summed E-state index contributed by atoms with van der Waals surface area (Å²) in [7, 11) is 0. The number of thiazole rings is 1. The monoisotopic (exact) mass is 366 g/mol. The summed E-state index contributed by atoms with van der Waals surface area (Å²) < 4.78 is 13.3. The van der Waals surface area contributed by atoms with Gasteiger partial charge in [-0.2, -0.15) is 0 Å². The normalized spacial score (nSPS) is 21.2. The molecule has 0 aliphatic carbocycles. The third kappa shape index (κ3) is 3.17. The second-order valence-corrected chi connectivity index (χ2v) is 8.15. The zero-order valence-electron chi connectivity index (χ0n) is 14.6. The summed E-state index contributed by atoms with van der Waals surface area (Å²) in [6.45, 7) is 3.76. The van der Waals surface area contributed by atoms with E-state index in [-0.39, 0.29) is 6.10 Å². The highest BCUT2D eigenvalue weighted by molar-refractivity contribution is 7.18. The summed E-state index contributed by atoms with van der Waals surface area (Å²) in [5, 5.41) is 1.30. The lowest BCUT2D eigenvalue weighted by atomic mass is 9.97. The SMILES string of the molecule is c1ccc2c(c1)OC[C@@H](CN1CCC(c3nc4ccccc4s3)CC1)O2. The Morgan fingerprint density at radius 3 is 2.62 bits per heavy atom. The quantitative estimate of drug-likeness (QED) is 0.692. The molecule has 3 heterocycles. The molecule has 0 amide bonds. The lowest BCUT2D eigenvalue weighted by Gasteiger charge is -2.35. The molecule has 1 aromatic heterocycles. The molecule has 1 fully saturated rings. The van der Waals surface area contributed by atoms with Crippen LogP contribution in [0.4, 0.5) is 0 Å². The zero-order valence-corrected chi connectivity index (χ0v) is 15.5. The van der Waals surface area contributed by atoms with Gasteiger partial charge in [0.15, 0.2) is 11.5 Å². The van der Waals surface area contributed by atoms with Gasteiger partial charge in [-0.25, -0.2) is 4.98 Å². The van der Waals surface area contributed by atoms with Crippen molar-refractivity contribution in [1.29, 1.82) is 0 Å². The van der Waals surface area contributed by atoms with Crippen LogP contribution in [0.5, 0.6) is 11.5 Å². The molecule has 0 bridgehead atoms. The molecular weight excluding hydrogens is 344 g/mol. The van der Waals surface area contributed by atoms with Crippen molar-refractivity contribution in [3.05, 3.63) is 53.5 Å². The Morgan fingerprint density at radius 2 is 1.77 bits per heavy atom. The maximum atomic E-state index is 6.11. The first kappa shape index (κ1) is 16.1. The molecule has 0 saturated carbocycles. The molecule has 2 aromatic carbocycles. The third-order valence-electron chi connectivity index (χ3n) is 5.28. The summed E-state index contributed by atoms with van der Waals surface area (Å²) in [5.74, 6) is 2.32. The Balaban J connectivity index is 1.19. The highest BCUT2D eigenvalue weighted by atomic mass is 32.1. The molecule has 134 valence electrons. The van der Waals surface area contributed by atoms with Gasteiger partial charge in [-0.3, -0.25) is 4.90 Å². The van der Waals surface area contributed by atoms with Gasteiger partial charge in [-0.05, 0) is 50.2 Å². The first-order valence-corrected chi connectivity index (χ1v) is 10.1. The van der Waals surface area contributed by atoms with Crippen molar-refractivity contribution >= 4 is 21.6 Å². The lowest BCUT2D eigenvalue weighted by Crippen LogP contribution is -2.43. The average Bonchev–Trinajstić information content (AvgIpc) is 3.13. The summed E-state index contributed by atoms with van der Waals surface area (Å²) in [6, 6.07) is 16.4. The fraction of sp³-hybridized carbons (Fsp3) is 0.381. The lowest BCUT2D eigenvalue weighted by molar-refractivity contribution is 0.0514. The van der Waals surface area contributed by atoms with Gasteiger partial charge in [-0.15, -0.1) is 11.3 Å². The molecule has 5 heteroatoms. The minimum Gasteiger partial charge on any atom is -0.486 e. The number of likely N-dealkylation sites (tertiary alicyclic amines) is 1. The Kier molecular flexibility index (Phi) is 4.27. The van der Waals surface area contributed by atoms with Crippen LogP contribution in [0.15, 0.2) is 48.5 Å². The minimum atomic E-state index is 0.115. The highest BCUT2D eigenvalue weighted by Crippen LogP contribution is 2.35. The van der Waals surface area contributed by atoms with E-state index in [2.05, 4.69) is 29.2 Å². The molecule has 3 aromatic rings. The van der Waals surface area contributed by atoms with E-state index >= 15 is 0 Å². The predicted molar refractivity (Wildman–Crippen MR) is 104 cm³/mol. The fourth-order valence-corrected chi connectivity index (χ4v) is 5.00. The number of benzene rings is 2. The number of nitrogens with zero attached hydrogens (tertiary/aromatic N) is 2. The molecule has 4 nitrogen and oxygen atoms in total. The standard InChI is InChI=1S/C21H22N2O2S/c1-4-8-20-17(5-1)22-21(26-20)15-9-11-23(12-10-15)13-16-14-24-18-6-2-3-7-19(18)25-16/h1-8,15-16H,9-14H2/t16-/m1/s1. The zero-order chi connectivity index (χ0) is 17.3. The number of hydrogen-bond donors (Lipinski definition) is 0. The summed E-state index contributed by atoms with van der Waals surface area (Å²) in [4.78, 5) is 7.36. The van der Waals surface area contributed by atoms with Crippen molar-refractivity contribution < 1.29 is 9.47 Å². The van der Waals surface area contributed by atoms with E-state index in [1.165, 1.54) is 22.5 Å². The summed E-state index contributed by atoms with van der Waals surface area (Å²) in [6.07, 6.45) is 2.46. The van der Waals surface area contributed by atoms with E-state index in [0.717, 1.165) is 36.6 Å². The number of fused-ring (bicyclic) bond motifs is 2. The van der Waals surface area contributed by atoms with E-state index in [4.69, 9.17) is 14.5 Å². The molecule has 0 N–H and O–H groups in total. The van der Waals surface area contributed by atoms with Crippen LogP contribution in [0.2, 0.25) is 0 Å². The van der Waals surface area contributed by atoms with Gasteiger partial charge < -0.3 is 9.47 Å². The van der Waals surface area contributed by atoms with Crippen LogP contribution < -0.4 is 9.47 Å². The second-order valence-electron chi connectivity index (χ2n) is 7.09. The molecule has 5 rings (SSSR count). The van der Waals surface area contributed by atoms with Gasteiger partial charge in [0.2, 0.25) is 0 Å². The van der Waals surface area contributed by atoms with Gasteiger partial charge in [-0.1, -0.05) is 24.3 Å². The third-order valence-corrected chi connectivity index (χ3v) is 6.48. The van der Waals surface area contributed by atoms with E-state index in [1.807, 2.05) is 35.6 Å². The Bertz CT molecular complexity index is 869. The van der Waals surface area contributed by atoms with Crippen LogP contribution in [0.3, 0.4) is 0 Å². The van der Waals surface area contributed by atoms with E-state index < -0.39 is 0 Å². The van der Waals surface area contributed by atoms with Crippen molar-refractivity contribution in [3.8, 4) is 11.5 Å². The molecule has 0 unspecified atom stereocenters. The number of rotatable bonds is 3. The van der Waals surface area contributed by atoms with Crippen molar-refractivity contribution in [2.75, 3.05) is 26.2 Å². The number of ether oxygens (including phenoxy) is 2. The van der Waals surface area contributed by atoms with Crippen molar-refractivity contribution in [2.45, 2.75) is 24.9 Å². The summed E-state index contributed by atoms with van der Waals surface area (Å²) in [5.41, 5.74) is 1.14. The second kappa shape index (κ2) is 6.89. The van der Waals surface area contributed by atoms with Gasteiger partial charge in [0.1, 0.15) is 12.7 Å². The largest absolute Gasteiger partial charge is 0.486 e. The van der Waals surface area contributed by atoms with Gasteiger partial charge in [0.05, 0.1) is 15.2 Å². The van der Waals surface area contributed by atoms with Crippen LogP contribution in [0.1, 0.15) is 23.8 Å². The van der Waals surface area contributed by atoms with E-state index in [0.29, 0.717) is 12.5 Å². The molecule has 0 radical (unpaired) electrons. The van der Waals surface area contributed by atoms with Crippen LogP contribution in [-0.2, 0) is 0 Å². The van der Waals surface area contributed by atoms with Crippen LogP contribution in [0.25, 0.3) is 10.2 Å². The Labute approximate surface area is 157 Å². The predicted octanol–water partition coefficient (Wildman–Crippen LogP) is 4.32. The number of para-hydroxylation sites is 3. The van der Waals surface area contributed by atoms with E-state index in [1.54, 1.807) is 0 Å². The molecule has 1 atom stereocenters. The number of piperidine rings is 1. The molecule has 1 saturated heterocycles. The van der Waals surface area contributed by atoms with Crippen molar-refractivity contribution in [2.24, 2.45) is 0 Å². The highest BCUT2D eigenvalue weighted by Gasteiger charge is 2.27. The number of aromatic nitrogens is 1.